The first-order valence-corrected chi connectivity index (χ1v) is 10.3. The first kappa shape index (κ1) is 23.3. The lowest BCUT2D eigenvalue weighted by Gasteiger charge is -2.34. The second kappa shape index (κ2) is 11.9. The molecular weight excluding hydrogens is 501 g/mol. The summed E-state index contributed by atoms with van der Waals surface area (Å²) in [6, 6.07) is 3.92. The van der Waals surface area contributed by atoms with E-state index in [4.69, 9.17) is 0 Å². The van der Waals surface area contributed by atoms with Crippen molar-refractivity contribution < 1.29 is 4.79 Å². The zero-order chi connectivity index (χ0) is 19.8. The van der Waals surface area contributed by atoms with Gasteiger partial charge in [0.15, 0.2) is 5.96 Å². The van der Waals surface area contributed by atoms with Gasteiger partial charge in [-0.1, -0.05) is 0 Å². The Kier molecular flexibility index (Phi) is 9.58. The number of hydrogen-bond acceptors (Lipinski definition) is 6. The van der Waals surface area contributed by atoms with E-state index in [2.05, 4.69) is 48.9 Å². The number of guanidine groups is 1. The third kappa shape index (κ3) is 6.81. The van der Waals surface area contributed by atoms with Crippen LogP contribution in [0.2, 0.25) is 0 Å². The van der Waals surface area contributed by atoms with Crippen LogP contribution in [0.5, 0.6) is 0 Å². The van der Waals surface area contributed by atoms with Gasteiger partial charge in [0.1, 0.15) is 0 Å². The molecule has 1 amide bonds. The summed E-state index contributed by atoms with van der Waals surface area (Å²) in [5.41, 5.74) is 1.28. The van der Waals surface area contributed by atoms with E-state index >= 15 is 0 Å². The molecule has 1 saturated heterocycles. The predicted molar refractivity (Wildman–Crippen MR) is 128 cm³/mol. The SMILES string of the molecule is CN=C(NCCC(=O)N1CCN(c2ncccn2)CC1)NCc1sccc1C.I. The van der Waals surface area contributed by atoms with Crippen molar-refractivity contribution in [2.24, 2.45) is 4.99 Å². The molecule has 158 valence electrons. The topological polar surface area (TPSA) is 85.8 Å². The Balaban J connectivity index is 0.00000300. The van der Waals surface area contributed by atoms with Gasteiger partial charge < -0.3 is 20.4 Å². The summed E-state index contributed by atoms with van der Waals surface area (Å²) in [5.74, 6) is 1.60. The highest BCUT2D eigenvalue weighted by atomic mass is 127. The number of piperazine rings is 1. The largest absolute Gasteiger partial charge is 0.356 e. The highest BCUT2D eigenvalue weighted by molar-refractivity contribution is 14.0. The minimum atomic E-state index is 0. The van der Waals surface area contributed by atoms with Crippen LogP contribution in [0.25, 0.3) is 0 Å². The Morgan fingerprint density at radius 2 is 1.93 bits per heavy atom. The number of aryl methyl sites for hydroxylation is 1. The molecule has 0 aliphatic carbocycles. The van der Waals surface area contributed by atoms with E-state index < -0.39 is 0 Å². The molecule has 29 heavy (non-hydrogen) atoms. The molecule has 0 bridgehead atoms. The fourth-order valence-electron chi connectivity index (χ4n) is 3.03. The van der Waals surface area contributed by atoms with Crippen molar-refractivity contribution in [1.82, 2.24) is 25.5 Å². The molecule has 0 saturated carbocycles. The fourth-order valence-corrected chi connectivity index (χ4v) is 3.87. The lowest BCUT2D eigenvalue weighted by molar-refractivity contribution is -0.131. The summed E-state index contributed by atoms with van der Waals surface area (Å²) in [6.45, 7) is 6.30. The van der Waals surface area contributed by atoms with Crippen LogP contribution in [0.1, 0.15) is 16.9 Å². The normalized spacial score (nSPS) is 14.3. The Labute approximate surface area is 192 Å². The number of nitrogens with zero attached hydrogens (tertiary/aromatic N) is 5. The zero-order valence-corrected chi connectivity index (χ0v) is 19.9. The molecule has 0 radical (unpaired) electrons. The quantitative estimate of drug-likeness (QED) is 0.338. The van der Waals surface area contributed by atoms with Gasteiger partial charge in [-0.15, -0.1) is 35.3 Å². The molecule has 1 aliphatic heterocycles. The second-order valence-electron chi connectivity index (χ2n) is 6.55. The molecule has 1 aliphatic rings. The van der Waals surface area contributed by atoms with Crippen molar-refractivity contribution in [3.63, 3.8) is 0 Å². The average molecular weight is 529 g/mol. The standard InChI is InChI=1S/C19H27N7OS.HI/c1-15-5-13-28-16(15)14-24-18(20-2)21-8-4-17(27)25-9-11-26(12-10-25)19-22-6-3-7-23-19;/h3,5-7,13H,4,8-12,14H2,1-2H3,(H2,20,21,24);1H. The molecule has 0 spiro atoms. The minimum Gasteiger partial charge on any atom is -0.356 e. The molecule has 1 fully saturated rings. The molecule has 3 heterocycles. The number of carbonyl (C=O) groups excluding carboxylic acids is 1. The molecule has 8 nitrogen and oxygen atoms in total. The maximum absolute atomic E-state index is 12.5. The van der Waals surface area contributed by atoms with E-state index in [0.717, 1.165) is 25.6 Å². The third-order valence-electron chi connectivity index (χ3n) is 4.71. The van der Waals surface area contributed by atoms with Crippen LogP contribution in [0.3, 0.4) is 0 Å². The van der Waals surface area contributed by atoms with E-state index in [9.17, 15) is 4.79 Å². The van der Waals surface area contributed by atoms with E-state index in [1.54, 1.807) is 36.8 Å². The molecule has 10 heteroatoms. The van der Waals surface area contributed by atoms with Gasteiger partial charge in [0.05, 0.1) is 6.54 Å². The van der Waals surface area contributed by atoms with Gasteiger partial charge >= 0.3 is 0 Å². The van der Waals surface area contributed by atoms with Gasteiger partial charge in [-0.3, -0.25) is 9.79 Å². The van der Waals surface area contributed by atoms with Gasteiger partial charge in [-0.25, -0.2) is 9.97 Å². The van der Waals surface area contributed by atoms with E-state index in [1.165, 1.54) is 10.4 Å². The summed E-state index contributed by atoms with van der Waals surface area (Å²) >= 11 is 1.73. The first-order valence-electron chi connectivity index (χ1n) is 9.44. The van der Waals surface area contributed by atoms with E-state index in [-0.39, 0.29) is 29.9 Å². The minimum absolute atomic E-state index is 0. The van der Waals surface area contributed by atoms with Crippen molar-refractivity contribution in [3.8, 4) is 0 Å². The van der Waals surface area contributed by atoms with Crippen LogP contribution in [0.15, 0.2) is 34.9 Å². The molecule has 0 atom stereocenters. The highest BCUT2D eigenvalue weighted by Gasteiger charge is 2.22. The van der Waals surface area contributed by atoms with Crippen LogP contribution in [-0.4, -0.2) is 66.5 Å². The van der Waals surface area contributed by atoms with Crippen LogP contribution in [0, 0.1) is 6.92 Å². The third-order valence-corrected chi connectivity index (χ3v) is 5.73. The van der Waals surface area contributed by atoms with Gasteiger partial charge in [0.25, 0.3) is 0 Å². The number of amides is 1. The number of aromatic nitrogens is 2. The second-order valence-corrected chi connectivity index (χ2v) is 7.55. The number of anilines is 1. The lowest BCUT2D eigenvalue weighted by Crippen LogP contribution is -2.50. The number of thiophene rings is 1. The van der Waals surface area contributed by atoms with Crippen molar-refractivity contribution in [2.45, 2.75) is 19.9 Å². The summed E-state index contributed by atoms with van der Waals surface area (Å²) in [7, 11) is 1.74. The molecular formula is C19H28IN7OS. The van der Waals surface area contributed by atoms with Crippen molar-refractivity contribution >= 4 is 53.1 Å². The van der Waals surface area contributed by atoms with E-state index in [1.807, 2.05) is 4.90 Å². The number of aliphatic imine (C=N–C) groups is 1. The van der Waals surface area contributed by atoms with Crippen LogP contribution < -0.4 is 15.5 Å². The highest BCUT2D eigenvalue weighted by Crippen LogP contribution is 2.14. The van der Waals surface area contributed by atoms with Crippen LogP contribution in [0.4, 0.5) is 5.95 Å². The number of rotatable bonds is 6. The summed E-state index contributed by atoms with van der Waals surface area (Å²) in [4.78, 5) is 30.6. The predicted octanol–water partition coefficient (Wildman–Crippen LogP) is 1.87. The fraction of sp³-hybridized carbons (Fsp3) is 0.474. The monoisotopic (exact) mass is 529 g/mol. The maximum atomic E-state index is 12.5. The Morgan fingerprint density at radius 1 is 1.21 bits per heavy atom. The number of carbonyl (C=O) groups is 1. The van der Waals surface area contributed by atoms with Crippen molar-refractivity contribution in [1.29, 1.82) is 0 Å². The molecule has 2 aromatic heterocycles. The zero-order valence-electron chi connectivity index (χ0n) is 16.8. The maximum Gasteiger partial charge on any atom is 0.225 e. The Morgan fingerprint density at radius 3 is 2.55 bits per heavy atom. The first-order chi connectivity index (χ1) is 13.7. The molecule has 0 unspecified atom stereocenters. The van der Waals surface area contributed by atoms with Gasteiger partial charge in [-0.05, 0) is 30.0 Å². The lowest BCUT2D eigenvalue weighted by atomic mass is 10.3. The number of nitrogens with one attached hydrogen (secondary N) is 2. The van der Waals surface area contributed by atoms with Gasteiger partial charge in [-0.2, -0.15) is 0 Å². The van der Waals surface area contributed by atoms with Crippen LogP contribution in [-0.2, 0) is 11.3 Å². The summed E-state index contributed by atoms with van der Waals surface area (Å²) < 4.78 is 0. The molecule has 2 aromatic rings. The van der Waals surface area contributed by atoms with E-state index in [0.29, 0.717) is 32.0 Å². The summed E-state index contributed by atoms with van der Waals surface area (Å²) in [5, 5.41) is 8.60. The van der Waals surface area contributed by atoms with Gasteiger partial charge in [0, 0.05) is 63.5 Å². The van der Waals surface area contributed by atoms with Gasteiger partial charge in [0.2, 0.25) is 11.9 Å². The van der Waals surface area contributed by atoms with Crippen molar-refractivity contribution in [3.05, 3.63) is 40.3 Å². The molecule has 0 aromatic carbocycles. The Hall–Kier alpha value is -1.95. The number of hydrogen-bond donors (Lipinski definition) is 2. The molecule has 3 rings (SSSR count). The number of halogens is 1. The summed E-state index contributed by atoms with van der Waals surface area (Å²) in [6.07, 6.45) is 3.93. The average Bonchev–Trinajstić information content (AvgIpc) is 3.16. The van der Waals surface area contributed by atoms with Crippen molar-refractivity contribution in [2.75, 3.05) is 44.7 Å². The Bertz CT molecular complexity index is 791. The smallest absolute Gasteiger partial charge is 0.225 e. The van der Waals surface area contributed by atoms with Crippen LogP contribution >= 0.6 is 35.3 Å². The molecule has 2 N–H and O–H groups in total.